The molecule has 2 heterocycles. The van der Waals surface area contributed by atoms with Gasteiger partial charge < -0.3 is 15.8 Å². The quantitative estimate of drug-likeness (QED) is 0.703. The second kappa shape index (κ2) is 8.75. The number of para-hydroxylation sites is 2. The number of likely N-dealkylation sites (tertiary alicyclic amines) is 1. The van der Waals surface area contributed by atoms with Crippen LogP contribution in [0.2, 0.25) is 0 Å². The van der Waals surface area contributed by atoms with Crippen LogP contribution in [0.5, 0.6) is 5.75 Å². The molecule has 0 aliphatic carbocycles. The highest BCUT2D eigenvalue weighted by atomic mass is 16.5. The Kier molecular flexibility index (Phi) is 6.15. The van der Waals surface area contributed by atoms with Gasteiger partial charge in [0.25, 0.3) is 0 Å². The molecular weight excluding hydrogens is 360 g/mol. The summed E-state index contributed by atoms with van der Waals surface area (Å²) in [7, 11) is 1.55. The van der Waals surface area contributed by atoms with Crippen LogP contribution in [0.25, 0.3) is 0 Å². The van der Waals surface area contributed by atoms with Gasteiger partial charge in [-0.1, -0.05) is 12.1 Å². The summed E-state index contributed by atoms with van der Waals surface area (Å²) in [4.78, 5) is 25.9. The molecule has 0 saturated carbocycles. The molecule has 28 heavy (non-hydrogen) atoms. The van der Waals surface area contributed by atoms with Gasteiger partial charge in [0.1, 0.15) is 11.6 Å². The van der Waals surface area contributed by atoms with Crippen molar-refractivity contribution in [1.29, 1.82) is 0 Å². The van der Waals surface area contributed by atoms with Crippen molar-refractivity contribution in [2.24, 2.45) is 5.73 Å². The Morgan fingerprint density at radius 2 is 1.93 bits per heavy atom. The van der Waals surface area contributed by atoms with Crippen molar-refractivity contribution in [1.82, 2.24) is 14.7 Å². The fourth-order valence-corrected chi connectivity index (χ4v) is 3.42. The number of hydrogen-bond donors (Lipinski definition) is 3. The highest BCUT2D eigenvalue weighted by molar-refractivity contribution is 6.00. The maximum Gasteiger partial charge on any atom is 0.324 e. The predicted octanol–water partition coefficient (Wildman–Crippen LogP) is 2.05. The van der Waals surface area contributed by atoms with Crippen LogP contribution < -0.4 is 21.1 Å². The van der Waals surface area contributed by atoms with Gasteiger partial charge in [0.05, 0.1) is 31.1 Å². The zero-order valence-electron chi connectivity index (χ0n) is 16.1. The number of amides is 3. The van der Waals surface area contributed by atoms with Crippen LogP contribution in [-0.2, 0) is 4.79 Å². The molecule has 1 unspecified atom stereocenters. The molecule has 0 bridgehead atoms. The molecule has 1 aliphatic rings. The van der Waals surface area contributed by atoms with Gasteiger partial charge in [-0.25, -0.2) is 9.48 Å². The highest BCUT2D eigenvalue weighted by Crippen LogP contribution is 2.27. The molecule has 2 aromatic rings. The molecule has 150 valence electrons. The van der Waals surface area contributed by atoms with E-state index >= 15 is 0 Å². The van der Waals surface area contributed by atoms with Crippen LogP contribution in [0, 0.1) is 0 Å². The van der Waals surface area contributed by atoms with E-state index in [0.29, 0.717) is 17.3 Å². The summed E-state index contributed by atoms with van der Waals surface area (Å²) in [5, 5.41) is 10.0. The van der Waals surface area contributed by atoms with Crippen LogP contribution in [0.15, 0.2) is 36.5 Å². The smallest absolute Gasteiger partial charge is 0.324 e. The number of urea groups is 1. The lowest BCUT2D eigenvalue weighted by Crippen LogP contribution is -2.46. The van der Waals surface area contributed by atoms with E-state index in [1.165, 1.54) is 0 Å². The molecule has 0 radical (unpaired) electrons. The Balaban J connectivity index is 1.61. The van der Waals surface area contributed by atoms with Gasteiger partial charge in [0, 0.05) is 19.2 Å². The lowest BCUT2D eigenvalue weighted by Gasteiger charge is -2.35. The Morgan fingerprint density at radius 3 is 2.61 bits per heavy atom. The van der Waals surface area contributed by atoms with E-state index in [9.17, 15) is 9.59 Å². The van der Waals surface area contributed by atoms with E-state index in [1.54, 1.807) is 31.5 Å². The largest absolute Gasteiger partial charge is 0.495 e. The van der Waals surface area contributed by atoms with Crippen LogP contribution in [0.4, 0.5) is 16.3 Å². The van der Waals surface area contributed by atoms with Crippen molar-refractivity contribution in [2.75, 3.05) is 30.8 Å². The van der Waals surface area contributed by atoms with Gasteiger partial charge in [0.15, 0.2) is 0 Å². The second-order valence-corrected chi connectivity index (χ2v) is 6.79. The lowest BCUT2D eigenvalue weighted by atomic mass is 10.0. The van der Waals surface area contributed by atoms with Gasteiger partial charge in [-0.2, -0.15) is 5.10 Å². The third kappa shape index (κ3) is 4.42. The van der Waals surface area contributed by atoms with Gasteiger partial charge in [-0.15, -0.1) is 0 Å². The number of nitrogens with zero attached hydrogens (tertiary/aromatic N) is 3. The first-order valence-electron chi connectivity index (χ1n) is 9.27. The van der Waals surface area contributed by atoms with Crippen LogP contribution >= 0.6 is 0 Å². The van der Waals surface area contributed by atoms with Crippen LogP contribution in [-0.4, -0.2) is 52.9 Å². The molecular formula is C19H26N6O3. The Hall–Kier alpha value is -3.07. The molecule has 0 spiro atoms. The van der Waals surface area contributed by atoms with E-state index in [-0.39, 0.29) is 24.0 Å². The number of hydrogen-bond acceptors (Lipinski definition) is 5. The SMILES string of the molecule is COc1ccccc1NC(=O)Nc1ccnn1C1CCN(C(C)C(N)=O)CC1. The number of primary amides is 1. The number of rotatable bonds is 6. The molecule has 9 heteroatoms. The van der Waals surface area contributed by atoms with Crippen molar-refractivity contribution in [3.8, 4) is 5.75 Å². The van der Waals surface area contributed by atoms with Gasteiger partial charge in [0.2, 0.25) is 5.91 Å². The number of nitrogens with one attached hydrogen (secondary N) is 2. The average molecular weight is 386 g/mol. The number of aromatic nitrogens is 2. The Bertz CT molecular complexity index is 829. The van der Waals surface area contributed by atoms with Crippen molar-refractivity contribution < 1.29 is 14.3 Å². The minimum Gasteiger partial charge on any atom is -0.495 e. The molecule has 1 atom stereocenters. The molecule has 1 aliphatic heterocycles. The molecule has 1 aromatic carbocycles. The molecule has 3 amide bonds. The fraction of sp³-hybridized carbons (Fsp3) is 0.421. The first kappa shape index (κ1) is 19.7. The number of anilines is 2. The number of methoxy groups -OCH3 is 1. The van der Waals surface area contributed by atoms with E-state index in [2.05, 4.69) is 20.6 Å². The zero-order valence-corrected chi connectivity index (χ0v) is 16.1. The monoisotopic (exact) mass is 386 g/mol. The number of ether oxygens (including phenoxy) is 1. The molecule has 3 rings (SSSR count). The minimum absolute atomic E-state index is 0.146. The average Bonchev–Trinajstić information content (AvgIpc) is 3.15. The molecule has 1 fully saturated rings. The molecule has 9 nitrogen and oxygen atoms in total. The van der Waals surface area contributed by atoms with Gasteiger partial charge in [-0.3, -0.25) is 15.0 Å². The Labute approximate surface area is 163 Å². The lowest BCUT2D eigenvalue weighted by molar-refractivity contribution is -0.123. The number of carbonyl (C=O) groups is 2. The maximum absolute atomic E-state index is 12.4. The summed E-state index contributed by atoms with van der Waals surface area (Å²) in [6.07, 6.45) is 3.31. The standard InChI is InChI=1S/C19H26N6O3/c1-13(18(20)26)24-11-8-14(9-12-24)25-17(7-10-21-25)23-19(27)22-15-5-3-4-6-16(15)28-2/h3-7,10,13-14H,8-9,11-12H2,1-2H3,(H2,20,26)(H2,22,23,27). The summed E-state index contributed by atoms with van der Waals surface area (Å²) in [6, 6.07) is 8.47. The summed E-state index contributed by atoms with van der Waals surface area (Å²) in [5.41, 5.74) is 5.98. The van der Waals surface area contributed by atoms with Crippen molar-refractivity contribution >= 4 is 23.4 Å². The van der Waals surface area contributed by atoms with E-state index < -0.39 is 0 Å². The minimum atomic E-state index is -0.369. The van der Waals surface area contributed by atoms with E-state index in [1.807, 2.05) is 23.7 Å². The molecule has 1 aromatic heterocycles. The van der Waals surface area contributed by atoms with Crippen molar-refractivity contribution in [3.05, 3.63) is 36.5 Å². The summed E-state index contributed by atoms with van der Waals surface area (Å²) in [6.45, 7) is 3.33. The van der Waals surface area contributed by atoms with Crippen molar-refractivity contribution in [2.45, 2.75) is 31.8 Å². The van der Waals surface area contributed by atoms with E-state index in [4.69, 9.17) is 10.5 Å². The summed E-state index contributed by atoms with van der Waals surface area (Å²) in [5.74, 6) is 0.892. The summed E-state index contributed by atoms with van der Waals surface area (Å²) >= 11 is 0. The molecule has 1 saturated heterocycles. The normalized spacial score (nSPS) is 16.4. The van der Waals surface area contributed by atoms with E-state index in [0.717, 1.165) is 25.9 Å². The first-order chi connectivity index (χ1) is 13.5. The highest BCUT2D eigenvalue weighted by Gasteiger charge is 2.27. The number of carbonyl (C=O) groups excluding carboxylic acids is 2. The second-order valence-electron chi connectivity index (χ2n) is 6.79. The predicted molar refractivity (Wildman–Crippen MR) is 106 cm³/mol. The maximum atomic E-state index is 12.4. The summed E-state index contributed by atoms with van der Waals surface area (Å²) < 4.78 is 7.08. The molecule has 4 N–H and O–H groups in total. The third-order valence-electron chi connectivity index (χ3n) is 5.07. The number of nitrogens with two attached hydrogens (primary N) is 1. The van der Waals surface area contributed by atoms with Gasteiger partial charge in [-0.05, 0) is 31.9 Å². The van der Waals surface area contributed by atoms with Crippen LogP contribution in [0.3, 0.4) is 0 Å². The van der Waals surface area contributed by atoms with Gasteiger partial charge >= 0.3 is 6.03 Å². The third-order valence-corrected chi connectivity index (χ3v) is 5.07. The first-order valence-corrected chi connectivity index (χ1v) is 9.27. The Morgan fingerprint density at radius 1 is 1.21 bits per heavy atom. The zero-order chi connectivity index (χ0) is 20.1. The fourth-order valence-electron chi connectivity index (χ4n) is 3.42. The number of benzene rings is 1. The topological polar surface area (TPSA) is 115 Å². The van der Waals surface area contributed by atoms with Crippen molar-refractivity contribution in [3.63, 3.8) is 0 Å². The number of piperidine rings is 1. The van der Waals surface area contributed by atoms with Crippen LogP contribution in [0.1, 0.15) is 25.8 Å².